The molecule has 1 heterocycles. The van der Waals surface area contributed by atoms with Crippen LogP contribution in [0.1, 0.15) is 45.7 Å². The Morgan fingerprint density at radius 3 is 2.64 bits per heavy atom. The third-order valence-corrected chi connectivity index (χ3v) is 5.13. The average Bonchev–Trinajstić information content (AvgIpc) is 2.39. The van der Waals surface area contributed by atoms with E-state index in [9.17, 15) is 4.79 Å². The van der Waals surface area contributed by atoms with Gasteiger partial charge in [-0.25, -0.2) is 4.79 Å². The third-order valence-electron chi connectivity index (χ3n) is 3.95. The first kappa shape index (κ1) is 20.8. The van der Waals surface area contributed by atoms with E-state index in [1.54, 1.807) is 4.90 Å². The van der Waals surface area contributed by atoms with Crippen molar-refractivity contribution in [1.82, 2.24) is 4.90 Å². The molecule has 0 spiro atoms. The molecule has 1 atom stereocenters. The molecule has 1 fully saturated rings. The molecule has 2 rings (SSSR count). The number of aryl methyl sites for hydroxylation is 1. The van der Waals surface area contributed by atoms with Crippen molar-refractivity contribution in [3.63, 3.8) is 0 Å². The number of hydrogen-bond acceptors (Lipinski definition) is 3. The Labute approximate surface area is 169 Å². The number of rotatable bonds is 2. The van der Waals surface area contributed by atoms with Gasteiger partial charge < -0.3 is 14.4 Å². The van der Waals surface area contributed by atoms with Gasteiger partial charge in [-0.2, -0.15) is 0 Å². The summed E-state index contributed by atoms with van der Waals surface area (Å²) in [6.45, 7) is 12.8. The van der Waals surface area contributed by atoms with Gasteiger partial charge in [-0.3, -0.25) is 0 Å². The lowest BCUT2D eigenvalue weighted by Gasteiger charge is -2.43. The highest BCUT2D eigenvalue weighted by Crippen LogP contribution is 2.28. The maximum absolute atomic E-state index is 12.5. The predicted molar refractivity (Wildman–Crippen MR) is 109 cm³/mol. The molecule has 4 nitrogen and oxygen atoms in total. The molecule has 6 heteroatoms. The van der Waals surface area contributed by atoms with E-state index in [1.807, 2.05) is 46.8 Å². The predicted octanol–water partition coefficient (Wildman–Crippen LogP) is 5.21. The molecule has 1 amide bonds. The molecule has 1 unspecified atom stereocenters. The fourth-order valence-corrected chi connectivity index (χ4v) is 4.52. The second-order valence-electron chi connectivity index (χ2n) is 8.25. The van der Waals surface area contributed by atoms with E-state index < -0.39 is 11.2 Å². The second-order valence-corrected chi connectivity index (χ2v) is 9.85. The van der Waals surface area contributed by atoms with Crippen LogP contribution in [-0.2, 0) is 15.9 Å². The maximum atomic E-state index is 12.5. The minimum atomic E-state index is -0.503. The van der Waals surface area contributed by atoms with Gasteiger partial charge in [0.1, 0.15) is 5.60 Å². The summed E-state index contributed by atoms with van der Waals surface area (Å²) in [7, 11) is 0. The summed E-state index contributed by atoms with van der Waals surface area (Å²) >= 11 is 8.44. The van der Waals surface area contributed by atoms with Crippen molar-refractivity contribution in [2.24, 2.45) is 0 Å². The van der Waals surface area contributed by atoms with E-state index >= 15 is 0 Å². The maximum Gasteiger partial charge on any atom is 0.410 e. The standard InChI is InChI=1S/C19H27ClINO3/c1-12-7-13(20)8-16(21)15(12)9-14-10-22(11-19(5,6)24-14)17(23)25-18(2,3)4/h7-8,14H,9-11H2,1-6H3. The summed E-state index contributed by atoms with van der Waals surface area (Å²) in [6, 6.07) is 3.93. The van der Waals surface area contributed by atoms with Crippen LogP contribution in [0.2, 0.25) is 5.02 Å². The van der Waals surface area contributed by atoms with Crippen molar-refractivity contribution in [2.45, 2.75) is 65.3 Å². The number of carbonyl (C=O) groups excluding carboxylic acids is 1. The first-order chi connectivity index (χ1) is 11.4. The second kappa shape index (κ2) is 7.61. The van der Waals surface area contributed by atoms with Crippen molar-refractivity contribution in [1.29, 1.82) is 0 Å². The van der Waals surface area contributed by atoms with E-state index in [1.165, 1.54) is 5.56 Å². The van der Waals surface area contributed by atoms with Gasteiger partial charge in [-0.05, 0) is 87.4 Å². The SMILES string of the molecule is Cc1cc(Cl)cc(I)c1CC1CN(C(=O)OC(C)(C)C)CC(C)(C)O1. The molecule has 140 valence electrons. The van der Waals surface area contributed by atoms with Crippen LogP contribution in [0.5, 0.6) is 0 Å². The highest BCUT2D eigenvalue weighted by molar-refractivity contribution is 14.1. The van der Waals surface area contributed by atoms with Crippen LogP contribution < -0.4 is 0 Å². The van der Waals surface area contributed by atoms with Gasteiger partial charge in [-0.15, -0.1) is 0 Å². The Hall–Kier alpha value is -0.530. The van der Waals surface area contributed by atoms with Gasteiger partial charge in [-0.1, -0.05) is 11.6 Å². The van der Waals surface area contributed by atoms with Crippen LogP contribution in [0.15, 0.2) is 12.1 Å². The largest absolute Gasteiger partial charge is 0.444 e. The fourth-order valence-electron chi connectivity index (χ4n) is 3.09. The highest BCUT2D eigenvalue weighted by atomic mass is 127. The molecule has 1 aromatic carbocycles. The van der Waals surface area contributed by atoms with Crippen molar-refractivity contribution in [2.75, 3.05) is 13.1 Å². The van der Waals surface area contributed by atoms with Crippen molar-refractivity contribution in [3.05, 3.63) is 31.9 Å². The number of amides is 1. The Bertz CT molecular complexity index is 632. The number of ether oxygens (including phenoxy) is 2. The quantitative estimate of drug-likeness (QED) is 0.547. The first-order valence-electron chi connectivity index (χ1n) is 8.46. The lowest BCUT2D eigenvalue weighted by atomic mass is 9.98. The van der Waals surface area contributed by atoms with Gasteiger partial charge >= 0.3 is 6.09 Å². The Morgan fingerprint density at radius 2 is 2.08 bits per heavy atom. The van der Waals surface area contributed by atoms with E-state index in [-0.39, 0.29) is 12.2 Å². The summed E-state index contributed by atoms with van der Waals surface area (Å²) < 4.78 is 12.9. The number of morpholine rings is 1. The summed E-state index contributed by atoms with van der Waals surface area (Å²) in [4.78, 5) is 14.3. The van der Waals surface area contributed by atoms with Crippen molar-refractivity contribution >= 4 is 40.3 Å². The van der Waals surface area contributed by atoms with Gasteiger partial charge in [0.2, 0.25) is 0 Å². The Balaban J connectivity index is 2.17. The summed E-state index contributed by atoms with van der Waals surface area (Å²) in [5.74, 6) is 0. The number of hydrogen-bond donors (Lipinski definition) is 0. The average molecular weight is 480 g/mol. The molecule has 0 saturated carbocycles. The van der Waals surface area contributed by atoms with Crippen LogP contribution in [-0.4, -0.2) is 41.4 Å². The molecule has 0 aromatic heterocycles. The van der Waals surface area contributed by atoms with Crippen LogP contribution >= 0.6 is 34.2 Å². The minimum absolute atomic E-state index is 0.0790. The smallest absolute Gasteiger partial charge is 0.410 e. The monoisotopic (exact) mass is 479 g/mol. The number of carbonyl (C=O) groups is 1. The zero-order chi connectivity index (χ0) is 19.0. The summed E-state index contributed by atoms with van der Waals surface area (Å²) in [6.07, 6.45) is 0.380. The normalized spacial score (nSPS) is 20.5. The molecule has 0 aliphatic carbocycles. The van der Waals surface area contributed by atoms with Crippen LogP contribution in [0.25, 0.3) is 0 Å². The topological polar surface area (TPSA) is 38.8 Å². The Kier molecular flexibility index (Phi) is 6.32. The van der Waals surface area contributed by atoms with E-state index in [2.05, 4.69) is 29.5 Å². The molecule has 1 aliphatic heterocycles. The summed E-state index contributed by atoms with van der Waals surface area (Å²) in [5.41, 5.74) is 1.45. The first-order valence-corrected chi connectivity index (χ1v) is 9.92. The molecule has 1 aliphatic rings. The summed E-state index contributed by atoms with van der Waals surface area (Å²) in [5, 5.41) is 0.742. The van der Waals surface area contributed by atoms with Gasteiger partial charge in [0, 0.05) is 15.0 Å². The molecule has 25 heavy (non-hydrogen) atoms. The van der Waals surface area contributed by atoms with Gasteiger partial charge in [0.15, 0.2) is 0 Å². The number of benzene rings is 1. The zero-order valence-corrected chi connectivity index (χ0v) is 18.7. The number of halogens is 2. The zero-order valence-electron chi connectivity index (χ0n) is 15.8. The molecule has 1 aromatic rings. The molecule has 1 saturated heterocycles. The molecule has 0 bridgehead atoms. The van der Waals surface area contributed by atoms with E-state index in [0.29, 0.717) is 13.1 Å². The Morgan fingerprint density at radius 1 is 1.44 bits per heavy atom. The minimum Gasteiger partial charge on any atom is -0.444 e. The van der Waals surface area contributed by atoms with Crippen LogP contribution in [0, 0.1) is 10.5 Å². The number of nitrogens with zero attached hydrogens (tertiary/aromatic N) is 1. The highest BCUT2D eigenvalue weighted by Gasteiger charge is 2.37. The van der Waals surface area contributed by atoms with Crippen LogP contribution in [0.4, 0.5) is 4.79 Å². The molecule has 0 N–H and O–H groups in total. The van der Waals surface area contributed by atoms with Crippen LogP contribution in [0.3, 0.4) is 0 Å². The lowest BCUT2D eigenvalue weighted by Crippen LogP contribution is -2.56. The van der Waals surface area contributed by atoms with Crippen molar-refractivity contribution < 1.29 is 14.3 Å². The lowest BCUT2D eigenvalue weighted by molar-refractivity contribution is -0.132. The molecular formula is C19H27ClINO3. The third kappa shape index (κ3) is 6.00. The fraction of sp³-hybridized carbons (Fsp3) is 0.632. The van der Waals surface area contributed by atoms with E-state index in [4.69, 9.17) is 21.1 Å². The van der Waals surface area contributed by atoms with E-state index in [0.717, 1.165) is 20.6 Å². The molecule has 0 radical (unpaired) electrons. The van der Waals surface area contributed by atoms with Gasteiger partial charge in [0.05, 0.1) is 24.8 Å². The van der Waals surface area contributed by atoms with Crippen molar-refractivity contribution in [3.8, 4) is 0 Å². The molecular weight excluding hydrogens is 453 g/mol. The van der Waals surface area contributed by atoms with Gasteiger partial charge in [0.25, 0.3) is 0 Å².